The maximum absolute atomic E-state index is 12.8. The highest BCUT2D eigenvalue weighted by Crippen LogP contribution is 2.32. The summed E-state index contributed by atoms with van der Waals surface area (Å²) < 4.78 is 0. The Hall–Kier alpha value is -4.17. The summed E-state index contributed by atoms with van der Waals surface area (Å²) in [5, 5.41) is 15.2. The number of pyridine rings is 1. The van der Waals surface area contributed by atoms with E-state index in [1.165, 1.54) is 0 Å². The largest absolute Gasteiger partial charge is 0.382 e. The molecule has 1 amide bonds. The average Bonchev–Trinajstić information content (AvgIpc) is 2.89. The Morgan fingerprint density at radius 3 is 2.58 bits per heavy atom. The summed E-state index contributed by atoms with van der Waals surface area (Å²) in [5.41, 5.74) is 4.50. The van der Waals surface area contributed by atoms with Crippen LogP contribution in [0.2, 0.25) is 0 Å². The molecule has 0 atom stereocenters. The number of benzene rings is 3. The van der Waals surface area contributed by atoms with E-state index in [-0.39, 0.29) is 11.9 Å². The predicted octanol–water partition coefficient (Wildman–Crippen LogP) is 5.49. The second-order valence-electron chi connectivity index (χ2n) is 8.39. The molecule has 1 N–H and O–H groups in total. The zero-order valence-corrected chi connectivity index (χ0v) is 18.2. The fraction of sp³-hybridized carbons (Fsp3) is 0.179. The second kappa shape index (κ2) is 9.13. The molecule has 0 unspecified atom stereocenters. The summed E-state index contributed by atoms with van der Waals surface area (Å²) in [6.45, 7) is 1.46. The molecule has 1 aliphatic rings. The molecule has 2 heterocycles. The molecule has 33 heavy (non-hydrogen) atoms. The van der Waals surface area contributed by atoms with Crippen LogP contribution in [0.3, 0.4) is 0 Å². The van der Waals surface area contributed by atoms with Gasteiger partial charge in [-0.2, -0.15) is 5.26 Å². The Balaban J connectivity index is 1.37. The first-order chi connectivity index (χ1) is 16.2. The van der Waals surface area contributed by atoms with Crippen molar-refractivity contribution < 1.29 is 4.79 Å². The molecule has 0 radical (unpaired) electrons. The standard InChI is InChI=1S/C28H24N4O/c29-18-20-5-4-8-22(15-20)24-16-23-9-12-30-19-26(23)27(17-24)31-25-10-13-32(14-11-25)28(33)21-6-2-1-3-7-21/h1-9,12,15-17,19,25,31H,10-11,13-14H2. The van der Waals surface area contributed by atoms with E-state index >= 15 is 0 Å². The van der Waals surface area contributed by atoms with Crippen LogP contribution in [0.5, 0.6) is 0 Å². The van der Waals surface area contributed by atoms with Crippen molar-refractivity contribution in [1.82, 2.24) is 9.88 Å². The fourth-order valence-corrected chi connectivity index (χ4v) is 4.46. The van der Waals surface area contributed by atoms with Crippen molar-refractivity contribution in [2.75, 3.05) is 18.4 Å². The number of hydrogen-bond donors (Lipinski definition) is 1. The van der Waals surface area contributed by atoms with Crippen molar-refractivity contribution in [1.29, 1.82) is 5.26 Å². The zero-order valence-electron chi connectivity index (χ0n) is 18.2. The normalized spacial score (nSPS) is 14.1. The fourth-order valence-electron chi connectivity index (χ4n) is 4.46. The van der Waals surface area contributed by atoms with Gasteiger partial charge in [0.25, 0.3) is 5.91 Å². The van der Waals surface area contributed by atoms with Crippen LogP contribution < -0.4 is 5.32 Å². The van der Waals surface area contributed by atoms with Crippen LogP contribution in [-0.4, -0.2) is 34.9 Å². The lowest BCUT2D eigenvalue weighted by molar-refractivity contribution is 0.0718. The number of anilines is 1. The van der Waals surface area contributed by atoms with Gasteiger partial charge in [-0.3, -0.25) is 9.78 Å². The van der Waals surface area contributed by atoms with Crippen LogP contribution in [0.1, 0.15) is 28.8 Å². The van der Waals surface area contributed by atoms with Gasteiger partial charge in [0.05, 0.1) is 11.6 Å². The van der Waals surface area contributed by atoms with Gasteiger partial charge in [0.15, 0.2) is 0 Å². The van der Waals surface area contributed by atoms with Gasteiger partial charge in [-0.1, -0.05) is 30.3 Å². The Morgan fingerprint density at radius 2 is 1.79 bits per heavy atom. The molecule has 5 nitrogen and oxygen atoms in total. The van der Waals surface area contributed by atoms with Gasteiger partial charge in [0, 0.05) is 48.2 Å². The summed E-state index contributed by atoms with van der Waals surface area (Å²) in [5.74, 6) is 0.100. The summed E-state index contributed by atoms with van der Waals surface area (Å²) in [4.78, 5) is 19.0. The molecule has 1 aromatic heterocycles. The molecule has 4 aromatic rings. The van der Waals surface area contributed by atoms with Gasteiger partial charge < -0.3 is 10.2 Å². The summed E-state index contributed by atoms with van der Waals surface area (Å²) in [6.07, 6.45) is 5.46. The third-order valence-corrected chi connectivity index (χ3v) is 6.24. The number of aromatic nitrogens is 1. The van der Waals surface area contributed by atoms with E-state index in [1.54, 1.807) is 6.20 Å². The molecule has 0 saturated carbocycles. The molecule has 162 valence electrons. The number of hydrogen-bond acceptors (Lipinski definition) is 4. The number of nitrogens with one attached hydrogen (secondary N) is 1. The first-order valence-electron chi connectivity index (χ1n) is 11.2. The van der Waals surface area contributed by atoms with E-state index < -0.39 is 0 Å². The lowest BCUT2D eigenvalue weighted by Crippen LogP contribution is -2.42. The molecule has 0 aliphatic carbocycles. The minimum atomic E-state index is 0.100. The molecule has 1 aliphatic heterocycles. The number of nitriles is 1. The zero-order chi connectivity index (χ0) is 22.6. The van der Waals surface area contributed by atoms with E-state index in [9.17, 15) is 10.1 Å². The number of rotatable bonds is 4. The van der Waals surface area contributed by atoms with E-state index in [0.717, 1.165) is 59.1 Å². The van der Waals surface area contributed by atoms with Crippen LogP contribution in [0.15, 0.2) is 85.2 Å². The number of nitrogens with zero attached hydrogens (tertiary/aromatic N) is 3. The van der Waals surface area contributed by atoms with Crippen LogP contribution in [0.25, 0.3) is 21.9 Å². The van der Waals surface area contributed by atoms with Crippen molar-refractivity contribution in [3.8, 4) is 17.2 Å². The van der Waals surface area contributed by atoms with E-state index in [0.29, 0.717) is 5.56 Å². The van der Waals surface area contributed by atoms with Crippen molar-refractivity contribution in [3.63, 3.8) is 0 Å². The van der Waals surface area contributed by atoms with E-state index in [2.05, 4.69) is 28.5 Å². The predicted molar refractivity (Wildman–Crippen MR) is 131 cm³/mol. The van der Waals surface area contributed by atoms with Crippen molar-refractivity contribution >= 4 is 22.4 Å². The van der Waals surface area contributed by atoms with Crippen LogP contribution in [0.4, 0.5) is 5.69 Å². The molecule has 5 heteroatoms. The van der Waals surface area contributed by atoms with Crippen LogP contribution >= 0.6 is 0 Å². The average molecular weight is 433 g/mol. The molecular weight excluding hydrogens is 408 g/mol. The lowest BCUT2D eigenvalue weighted by atomic mass is 9.98. The SMILES string of the molecule is N#Cc1cccc(-c2cc(NC3CCN(C(=O)c4ccccc4)CC3)c3cnccc3c2)c1. The molecular formula is C28H24N4O. The Kier molecular flexibility index (Phi) is 5.73. The summed E-state index contributed by atoms with van der Waals surface area (Å²) >= 11 is 0. The number of carbonyl (C=O) groups is 1. The van der Waals surface area contributed by atoms with E-state index in [1.807, 2.05) is 71.8 Å². The number of piperidine rings is 1. The Bertz CT molecular complexity index is 1340. The van der Waals surface area contributed by atoms with Crippen molar-refractivity contribution in [3.05, 3.63) is 96.3 Å². The van der Waals surface area contributed by atoms with Gasteiger partial charge in [0.2, 0.25) is 0 Å². The molecule has 3 aromatic carbocycles. The Labute approximate surface area is 193 Å². The van der Waals surface area contributed by atoms with Crippen molar-refractivity contribution in [2.45, 2.75) is 18.9 Å². The number of amides is 1. The van der Waals surface area contributed by atoms with Gasteiger partial charge in [0.1, 0.15) is 0 Å². The lowest BCUT2D eigenvalue weighted by Gasteiger charge is -2.33. The number of likely N-dealkylation sites (tertiary alicyclic amines) is 1. The quantitative estimate of drug-likeness (QED) is 0.463. The molecule has 1 saturated heterocycles. The van der Waals surface area contributed by atoms with Crippen LogP contribution in [0, 0.1) is 11.3 Å². The number of fused-ring (bicyclic) bond motifs is 1. The highest BCUT2D eigenvalue weighted by molar-refractivity contribution is 5.97. The molecule has 1 fully saturated rings. The minimum Gasteiger partial charge on any atom is -0.382 e. The van der Waals surface area contributed by atoms with Crippen LogP contribution in [-0.2, 0) is 0 Å². The molecule has 0 spiro atoms. The maximum atomic E-state index is 12.8. The van der Waals surface area contributed by atoms with Gasteiger partial charge in [-0.05, 0) is 71.8 Å². The van der Waals surface area contributed by atoms with Gasteiger partial charge in [-0.25, -0.2) is 0 Å². The van der Waals surface area contributed by atoms with Crippen molar-refractivity contribution in [2.24, 2.45) is 0 Å². The summed E-state index contributed by atoms with van der Waals surface area (Å²) in [7, 11) is 0. The smallest absolute Gasteiger partial charge is 0.253 e. The van der Waals surface area contributed by atoms with Gasteiger partial charge in [-0.15, -0.1) is 0 Å². The number of carbonyl (C=O) groups excluding carboxylic acids is 1. The van der Waals surface area contributed by atoms with E-state index in [4.69, 9.17) is 0 Å². The molecule has 0 bridgehead atoms. The maximum Gasteiger partial charge on any atom is 0.253 e. The third-order valence-electron chi connectivity index (χ3n) is 6.24. The first-order valence-corrected chi connectivity index (χ1v) is 11.2. The minimum absolute atomic E-state index is 0.100. The Morgan fingerprint density at radius 1 is 0.970 bits per heavy atom. The van der Waals surface area contributed by atoms with Gasteiger partial charge >= 0.3 is 0 Å². The first kappa shape index (κ1) is 20.7. The topological polar surface area (TPSA) is 69.0 Å². The molecule has 5 rings (SSSR count). The third kappa shape index (κ3) is 4.42. The second-order valence-corrected chi connectivity index (χ2v) is 8.39. The monoisotopic (exact) mass is 432 g/mol. The highest BCUT2D eigenvalue weighted by atomic mass is 16.2. The highest BCUT2D eigenvalue weighted by Gasteiger charge is 2.24. The summed E-state index contributed by atoms with van der Waals surface area (Å²) in [6, 6.07) is 25.9.